The highest BCUT2D eigenvalue weighted by atomic mass is 32.2. The van der Waals surface area contributed by atoms with Crippen LogP contribution in [0.25, 0.3) is 0 Å². The van der Waals surface area contributed by atoms with Gasteiger partial charge in [0, 0.05) is 56.4 Å². The monoisotopic (exact) mass is 668 g/mol. The van der Waals surface area contributed by atoms with Crippen LogP contribution in [0.5, 0.6) is 0 Å². The van der Waals surface area contributed by atoms with E-state index in [1.54, 1.807) is 19.2 Å². The second-order valence-corrected chi connectivity index (χ2v) is 18.0. The maximum Gasteiger partial charge on any atom is 0.240 e. The van der Waals surface area contributed by atoms with Crippen molar-refractivity contribution in [2.24, 2.45) is 0 Å². The standard InChI is InChI=1S/4C8H14BNS/c4*1-10(2)9-11-8-6-4-3-5-7-8/h4*3-7,10H,9H2,1-2H3. The van der Waals surface area contributed by atoms with Crippen LogP contribution < -0.4 is 19.2 Å². The normalized spacial score (nSPS) is 10.5. The number of quaternary nitrogens is 4. The fourth-order valence-electron chi connectivity index (χ4n) is 3.51. The first-order valence-electron chi connectivity index (χ1n) is 16.1. The molecule has 0 aliphatic carbocycles. The quantitative estimate of drug-likeness (QED) is 0.155. The van der Waals surface area contributed by atoms with Gasteiger partial charge in [0.2, 0.25) is 26.8 Å². The molecule has 4 rings (SSSR count). The molecule has 0 fully saturated rings. The smallest absolute Gasteiger partial charge is 0.240 e. The Kier molecular flexibility index (Phi) is 24.4. The summed E-state index contributed by atoms with van der Waals surface area (Å²) in [5.74, 6) is 0. The van der Waals surface area contributed by atoms with Crippen LogP contribution in [-0.2, 0) is 0 Å². The molecule has 4 nitrogen and oxygen atoms in total. The van der Waals surface area contributed by atoms with Gasteiger partial charge in [-0.05, 0) is 19.6 Å². The van der Waals surface area contributed by atoms with Crippen molar-refractivity contribution < 1.29 is 19.2 Å². The second kappa shape index (κ2) is 26.6. The lowest BCUT2D eigenvalue weighted by Crippen LogP contribution is -3.07. The lowest BCUT2D eigenvalue weighted by molar-refractivity contribution is -0.731. The Bertz CT molecular complexity index is 992. The van der Waals surface area contributed by atoms with Crippen molar-refractivity contribution >= 4 is 73.2 Å². The van der Waals surface area contributed by atoms with E-state index in [1.165, 1.54) is 19.6 Å². The first-order chi connectivity index (χ1) is 21.2. The summed E-state index contributed by atoms with van der Waals surface area (Å²) in [6.07, 6.45) is 0. The van der Waals surface area contributed by atoms with Crippen molar-refractivity contribution in [1.82, 2.24) is 0 Å². The van der Waals surface area contributed by atoms with Crippen LogP contribution in [0.4, 0.5) is 0 Å². The molecule has 0 saturated heterocycles. The summed E-state index contributed by atoms with van der Waals surface area (Å²) < 4.78 is 0. The number of nitrogens with one attached hydrogen (secondary N) is 4. The second-order valence-electron chi connectivity index (χ2n) is 12.9. The van der Waals surface area contributed by atoms with Crippen molar-refractivity contribution in [3.63, 3.8) is 0 Å². The first-order valence-corrected chi connectivity index (χ1v) is 21.0. The highest BCUT2D eigenvalue weighted by molar-refractivity contribution is 8.22. The molecule has 44 heavy (non-hydrogen) atoms. The van der Waals surface area contributed by atoms with Crippen LogP contribution in [0.15, 0.2) is 141 Å². The number of benzene rings is 4. The molecule has 4 N–H and O–H groups in total. The zero-order valence-corrected chi connectivity index (χ0v) is 32.4. The molecule has 0 aromatic heterocycles. The van der Waals surface area contributed by atoms with E-state index >= 15 is 0 Å². The summed E-state index contributed by atoms with van der Waals surface area (Å²) in [6.45, 7) is 0.384. The Labute approximate surface area is 288 Å². The molecule has 0 radical (unpaired) electrons. The van der Waals surface area contributed by atoms with Gasteiger partial charge >= 0.3 is 0 Å². The maximum absolute atomic E-state index is 2.22. The zero-order chi connectivity index (χ0) is 32.4. The van der Waals surface area contributed by atoms with Crippen LogP contribution >= 0.6 is 46.5 Å². The summed E-state index contributed by atoms with van der Waals surface area (Å²) in [5, 5.41) is 0. The predicted octanol–water partition coefficient (Wildman–Crippen LogP) is -0.312. The number of hydrogen-bond donors (Lipinski definition) is 4. The van der Waals surface area contributed by atoms with Crippen LogP contribution in [0, 0.1) is 0 Å². The van der Waals surface area contributed by atoms with E-state index in [2.05, 4.69) is 178 Å². The van der Waals surface area contributed by atoms with E-state index in [1.807, 2.05) is 46.5 Å². The maximum atomic E-state index is 2.22. The van der Waals surface area contributed by atoms with Crippen LogP contribution in [0.1, 0.15) is 0 Å². The molecular weight excluding hydrogens is 612 g/mol. The summed E-state index contributed by atoms with van der Waals surface area (Å²) in [6, 6.07) is 42.4. The summed E-state index contributed by atoms with van der Waals surface area (Å²) >= 11 is 8.07. The fraction of sp³-hybridized carbons (Fsp3) is 0.250. The third-order valence-electron chi connectivity index (χ3n) is 5.96. The molecule has 0 unspecified atom stereocenters. The highest BCUT2D eigenvalue weighted by Gasteiger charge is 1.92. The molecule has 0 atom stereocenters. The lowest BCUT2D eigenvalue weighted by atomic mass is 10.3. The molecule has 0 aliphatic rings. The van der Waals surface area contributed by atoms with Crippen molar-refractivity contribution in [3.8, 4) is 0 Å². The average Bonchev–Trinajstić information content (AvgIpc) is 3.04. The third kappa shape index (κ3) is 24.7. The van der Waals surface area contributed by atoms with Gasteiger partial charge in [0.05, 0.1) is 0 Å². The Morgan fingerprint density at radius 3 is 0.591 bits per heavy atom. The van der Waals surface area contributed by atoms with Crippen LogP contribution in [0.3, 0.4) is 0 Å². The summed E-state index contributed by atoms with van der Waals surface area (Å²) in [5.41, 5.74) is 0. The average molecular weight is 668 g/mol. The largest absolute Gasteiger partial charge is 0.527 e. The third-order valence-corrected chi connectivity index (χ3v) is 13.0. The van der Waals surface area contributed by atoms with E-state index in [0.717, 1.165) is 0 Å². The minimum atomic E-state index is 0.0959. The van der Waals surface area contributed by atoms with Crippen LogP contribution in [-0.4, -0.2) is 83.2 Å². The van der Waals surface area contributed by atoms with E-state index in [9.17, 15) is 0 Å². The Morgan fingerprint density at radius 1 is 0.295 bits per heavy atom. The summed E-state index contributed by atoms with van der Waals surface area (Å²) in [4.78, 5) is 12.0. The Balaban J connectivity index is 0.000000293. The molecule has 240 valence electrons. The first kappa shape index (κ1) is 40.4. The van der Waals surface area contributed by atoms with Crippen LogP contribution in [0.2, 0.25) is 0 Å². The lowest BCUT2D eigenvalue weighted by Gasteiger charge is -2.14. The molecule has 0 spiro atoms. The Morgan fingerprint density at radius 2 is 0.455 bits per heavy atom. The molecule has 4 aromatic carbocycles. The van der Waals surface area contributed by atoms with Gasteiger partial charge in [0.1, 0.15) is 0 Å². The van der Waals surface area contributed by atoms with E-state index in [0.29, 0.717) is 0 Å². The van der Waals surface area contributed by atoms with Gasteiger partial charge in [-0.2, -0.15) is 0 Å². The van der Waals surface area contributed by atoms with E-state index < -0.39 is 0 Å². The van der Waals surface area contributed by atoms with Gasteiger partial charge in [0.25, 0.3) is 0 Å². The molecule has 12 heteroatoms. The van der Waals surface area contributed by atoms with Gasteiger partial charge < -0.3 is 19.2 Å². The highest BCUT2D eigenvalue weighted by Crippen LogP contribution is 2.14. The van der Waals surface area contributed by atoms with E-state index in [-0.39, 0.29) is 26.8 Å². The molecular formula is C32H56B4N4S4. The Hall–Kier alpha value is -1.62. The summed E-state index contributed by atoms with van der Waals surface area (Å²) in [7, 11) is 17.7. The molecule has 0 heterocycles. The van der Waals surface area contributed by atoms with E-state index in [4.69, 9.17) is 0 Å². The van der Waals surface area contributed by atoms with Crippen molar-refractivity contribution in [2.75, 3.05) is 56.4 Å². The van der Waals surface area contributed by atoms with Gasteiger partial charge in [-0.1, -0.05) is 121 Å². The van der Waals surface area contributed by atoms with Gasteiger partial charge in [0.15, 0.2) is 0 Å². The van der Waals surface area contributed by atoms with Gasteiger partial charge in [-0.15, -0.1) is 0 Å². The minimum Gasteiger partial charge on any atom is -0.527 e. The molecule has 0 amide bonds. The molecule has 4 aromatic rings. The predicted molar refractivity (Wildman–Crippen MR) is 215 cm³/mol. The minimum absolute atomic E-state index is 0.0959. The molecule has 0 saturated carbocycles. The molecule has 0 aliphatic heterocycles. The van der Waals surface area contributed by atoms with Crippen molar-refractivity contribution in [2.45, 2.75) is 19.6 Å². The van der Waals surface area contributed by atoms with Crippen molar-refractivity contribution in [1.29, 1.82) is 0 Å². The van der Waals surface area contributed by atoms with Crippen molar-refractivity contribution in [3.05, 3.63) is 121 Å². The number of rotatable bonds is 12. The van der Waals surface area contributed by atoms with Gasteiger partial charge in [-0.3, -0.25) is 46.5 Å². The zero-order valence-electron chi connectivity index (χ0n) is 29.2. The topological polar surface area (TPSA) is 17.8 Å². The number of hydrogen-bond acceptors (Lipinski definition) is 4. The SMILES string of the molecule is C[NH+](C)[BH2-]Sc1ccccc1.C[NH+](C)[BH2-]Sc1ccccc1.C[NH+](C)[BH2-]Sc1ccccc1.C[NH+](C)[BH2-]Sc1ccccc1. The fourth-order valence-corrected chi connectivity index (χ4v) is 7.81. The van der Waals surface area contributed by atoms with Gasteiger partial charge in [-0.25, -0.2) is 0 Å². The molecule has 0 bridgehead atoms.